The van der Waals surface area contributed by atoms with E-state index in [1.54, 1.807) is 20.8 Å². The van der Waals surface area contributed by atoms with Gasteiger partial charge in [0.15, 0.2) is 9.84 Å². The molecule has 0 spiro atoms. The van der Waals surface area contributed by atoms with Crippen LogP contribution in [-0.4, -0.2) is 25.5 Å². The van der Waals surface area contributed by atoms with Crippen LogP contribution in [0.5, 0.6) is 5.75 Å². The molecule has 0 amide bonds. The third kappa shape index (κ3) is 4.46. The Kier molecular flexibility index (Phi) is 5.63. The number of hydrogen-bond donors (Lipinski definition) is 1. The second kappa shape index (κ2) is 6.45. The molecule has 1 atom stereocenters. The minimum absolute atomic E-state index is 0.0125. The predicted molar refractivity (Wildman–Crippen MR) is 85.8 cm³/mol. The number of ether oxygens (including phenoxy) is 1. The van der Waals surface area contributed by atoms with Crippen molar-refractivity contribution in [1.29, 1.82) is 0 Å². The van der Waals surface area contributed by atoms with Crippen molar-refractivity contribution in [1.82, 2.24) is 0 Å². The van der Waals surface area contributed by atoms with E-state index < -0.39 is 14.6 Å². The van der Waals surface area contributed by atoms with Crippen LogP contribution < -0.4 is 10.5 Å². The summed E-state index contributed by atoms with van der Waals surface area (Å²) >= 11 is 3.37. The average Bonchev–Trinajstić information content (AvgIpc) is 2.26. The quantitative estimate of drug-likeness (QED) is 0.872. The Morgan fingerprint density at radius 2 is 1.95 bits per heavy atom. The molecular formula is C14H22BrNO3S. The normalized spacial score (nSPS) is 14.1. The topological polar surface area (TPSA) is 69.4 Å². The van der Waals surface area contributed by atoms with Crippen LogP contribution in [0.15, 0.2) is 22.7 Å². The first-order valence-electron chi connectivity index (χ1n) is 6.45. The van der Waals surface area contributed by atoms with Crippen LogP contribution in [0, 0.1) is 0 Å². The molecular weight excluding hydrogens is 342 g/mol. The maximum absolute atomic E-state index is 12.0. The van der Waals surface area contributed by atoms with E-state index in [1.165, 1.54) is 0 Å². The molecule has 0 saturated heterocycles. The monoisotopic (exact) mass is 363 g/mol. The number of sulfone groups is 1. The summed E-state index contributed by atoms with van der Waals surface area (Å²) in [5.41, 5.74) is 6.74. The van der Waals surface area contributed by atoms with Gasteiger partial charge in [0.1, 0.15) is 12.4 Å². The number of benzene rings is 1. The molecule has 0 radical (unpaired) electrons. The van der Waals surface area contributed by atoms with Gasteiger partial charge < -0.3 is 10.5 Å². The highest BCUT2D eigenvalue weighted by Gasteiger charge is 2.28. The van der Waals surface area contributed by atoms with E-state index in [4.69, 9.17) is 10.5 Å². The number of hydrogen-bond acceptors (Lipinski definition) is 4. The Balaban J connectivity index is 2.79. The zero-order valence-corrected chi connectivity index (χ0v) is 14.7. The van der Waals surface area contributed by atoms with Gasteiger partial charge in [-0.15, -0.1) is 0 Å². The highest BCUT2D eigenvalue weighted by atomic mass is 79.9. The second-order valence-electron chi connectivity index (χ2n) is 5.75. The van der Waals surface area contributed by atoms with Crippen molar-refractivity contribution < 1.29 is 13.2 Å². The van der Waals surface area contributed by atoms with Crippen molar-refractivity contribution in [3.8, 4) is 5.75 Å². The lowest BCUT2D eigenvalue weighted by Gasteiger charge is -2.20. The molecule has 0 fully saturated rings. The summed E-state index contributed by atoms with van der Waals surface area (Å²) in [6.45, 7) is 7.05. The van der Waals surface area contributed by atoms with Gasteiger partial charge in [0, 0.05) is 16.1 Å². The van der Waals surface area contributed by atoms with E-state index in [-0.39, 0.29) is 18.4 Å². The Bertz CT molecular complexity index is 562. The van der Waals surface area contributed by atoms with Gasteiger partial charge in [-0.05, 0) is 39.8 Å². The summed E-state index contributed by atoms with van der Waals surface area (Å²) < 4.78 is 29.8. The summed E-state index contributed by atoms with van der Waals surface area (Å²) in [5.74, 6) is 0.611. The smallest absolute Gasteiger partial charge is 0.158 e. The summed E-state index contributed by atoms with van der Waals surface area (Å²) in [6, 6.07) is 5.40. The van der Waals surface area contributed by atoms with Crippen LogP contribution in [0.4, 0.5) is 0 Å². The maximum atomic E-state index is 12.0. The molecule has 2 N–H and O–H groups in total. The lowest BCUT2D eigenvalue weighted by molar-refractivity contribution is 0.334. The fraction of sp³-hybridized carbons (Fsp3) is 0.571. The molecule has 0 saturated carbocycles. The lowest BCUT2D eigenvalue weighted by atomic mass is 10.1. The van der Waals surface area contributed by atoms with Gasteiger partial charge >= 0.3 is 0 Å². The van der Waals surface area contributed by atoms with E-state index in [1.807, 2.05) is 25.1 Å². The highest BCUT2D eigenvalue weighted by Crippen LogP contribution is 2.28. The minimum atomic E-state index is -3.18. The number of rotatable bonds is 5. The molecule has 0 aliphatic rings. The van der Waals surface area contributed by atoms with Gasteiger partial charge in [0.25, 0.3) is 0 Å². The fourth-order valence-corrected chi connectivity index (χ4v) is 2.83. The van der Waals surface area contributed by atoms with Gasteiger partial charge in [-0.2, -0.15) is 0 Å². The second-order valence-corrected chi connectivity index (χ2v) is 9.53. The van der Waals surface area contributed by atoms with Crippen molar-refractivity contribution in [3.05, 3.63) is 28.2 Å². The van der Waals surface area contributed by atoms with Crippen LogP contribution in [-0.2, 0) is 9.84 Å². The van der Waals surface area contributed by atoms with Gasteiger partial charge in [-0.25, -0.2) is 8.42 Å². The van der Waals surface area contributed by atoms with E-state index >= 15 is 0 Å². The van der Waals surface area contributed by atoms with Crippen molar-refractivity contribution in [3.63, 3.8) is 0 Å². The first kappa shape index (κ1) is 17.5. The SMILES string of the molecule is C[C@H](N)c1ccc(Br)cc1OCCS(=O)(=O)C(C)(C)C. The molecule has 6 heteroatoms. The standard InChI is InChI=1S/C14H22BrNO3S/c1-10(16)12-6-5-11(15)9-13(12)19-7-8-20(17,18)14(2,3)4/h5-6,9-10H,7-8,16H2,1-4H3/t10-/m0/s1. The van der Waals surface area contributed by atoms with Gasteiger partial charge in [0.05, 0.1) is 10.5 Å². The molecule has 1 aromatic rings. The molecule has 4 nitrogen and oxygen atoms in total. The fourth-order valence-electron chi connectivity index (χ4n) is 1.58. The molecule has 114 valence electrons. The first-order valence-corrected chi connectivity index (χ1v) is 8.89. The molecule has 20 heavy (non-hydrogen) atoms. The van der Waals surface area contributed by atoms with Gasteiger partial charge in [-0.1, -0.05) is 22.0 Å². The largest absolute Gasteiger partial charge is 0.492 e. The molecule has 1 rings (SSSR count). The minimum Gasteiger partial charge on any atom is -0.492 e. The van der Waals surface area contributed by atoms with Gasteiger partial charge in [-0.3, -0.25) is 0 Å². The third-order valence-electron chi connectivity index (χ3n) is 3.01. The Labute approximate surface area is 129 Å². The Hall–Kier alpha value is -0.590. The van der Waals surface area contributed by atoms with Crippen molar-refractivity contribution in [2.45, 2.75) is 38.5 Å². The third-order valence-corrected chi connectivity index (χ3v) is 6.07. The van der Waals surface area contributed by atoms with Crippen LogP contribution in [0.2, 0.25) is 0 Å². The van der Waals surface area contributed by atoms with E-state index in [2.05, 4.69) is 15.9 Å². The molecule has 0 heterocycles. The molecule has 0 aliphatic carbocycles. The van der Waals surface area contributed by atoms with E-state index in [9.17, 15) is 8.42 Å². The van der Waals surface area contributed by atoms with Gasteiger partial charge in [0.2, 0.25) is 0 Å². The van der Waals surface area contributed by atoms with E-state index in [0.717, 1.165) is 10.0 Å². The van der Waals surface area contributed by atoms with Crippen molar-refractivity contribution in [2.24, 2.45) is 5.73 Å². The highest BCUT2D eigenvalue weighted by molar-refractivity contribution is 9.10. The predicted octanol–water partition coefficient (Wildman–Crippen LogP) is 3.06. The zero-order valence-electron chi connectivity index (χ0n) is 12.3. The average molecular weight is 364 g/mol. The van der Waals surface area contributed by atoms with Crippen molar-refractivity contribution in [2.75, 3.05) is 12.4 Å². The molecule has 1 aromatic carbocycles. The number of nitrogens with two attached hydrogens (primary N) is 1. The van der Waals surface area contributed by atoms with Crippen molar-refractivity contribution >= 4 is 25.8 Å². The summed E-state index contributed by atoms with van der Waals surface area (Å²) in [7, 11) is -3.18. The van der Waals surface area contributed by atoms with E-state index in [0.29, 0.717) is 5.75 Å². The van der Waals surface area contributed by atoms with Crippen LogP contribution >= 0.6 is 15.9 Å². The number of halogens is 1. The zero-order chi connectivity index (χ0) is 15.6. The lowest BCUT2D eigenvalue weighted by Crippen LogP contribution is -2.32. The van der Waals surface area contributed by atoms with Crippen LogP contribution in [0.1, 0.15) is 39.3 Å². The summed E-state index contributed by atoms with van der Waals surface area (Å²) in [4.78, 5) is 0. The molecule has 0 aromatic heterocycles. The maximum Gasteiger partial charge on any atom is 0.158 e. The Morgan fingerprint density at radius 3 is 2.45 bits per heavy atom. The van der Waals surface area contributed by atoms with Crippen LogP contribution in [0.25, 0.3) is 0 Å². The first-order chi connectivity index (χ1) is 9.04. The molecule has 0 bridgehead atoms. The van der Waals surface area contributed by atoms with Crippen LogP contribution in [0.3, 0.4) is 0 Å². The Morgan fingerprint density at radius 1 is 1.35 bits per heavy atom. The molecule has 0 unspecified atom stereocenters. The summed E-state index contributed by atoms with van der Waals surface area (Å²) in [6.07, 6.45) is 0. The molecule has 0 aliphatic heterocycles. The summed E-state index contributed by atoms with van der Waals surface area (Å²) in [5, 5.41) is 0.